The van der Waals surface area contributed by atoms with Gasteiger partial charge in [-0.2, -0.15) is 5.10 Å². The van der Waals surface area contributed by atoms with Crippen molar-refractivity contribution < 1.29 is 58.9 Å². The van der Waals surface area contributed by atoms with E-state index < -0.39 is 95.8 Å². The van der Waals surface area contributed by atoms with E-state index in [1.54, 1.807) is 6.92 Å². The number of Topliss-reactive ketones (excluding diaryl/α,β-unsaturated/α-hetero) is 1. The van der Waals surface area contributed by atoms with Gasteiger partial charge in [-0.1, -0.05) is 12.1 Å². The number of hydrogen-bond acceptors (Lipinski definition) is 14. The summed E-state index contributed by atoms with van der Waals surface area (Å²) in [6, 6.07) is 3.58. The number of carbonyl (C=O) groups excluding carboxylic acids is 4. The Balaban J connectivity index is 1.63. The lowest BCUT2D eigenvalue weighted by atomic mass is 9.71. The fraction of sp³-hybridized carbons (Fsp3) is 0.469. The zero-order valence-electron chi connectivity index (χ0n) is 26.0. The summed E-state index contributed by atoms with van der Waals surface area (Å²) in [7, 11) is 1.32. The summed E-state index contributed by atoms with van der Waals surface area (Å²) in [5.41, 5.74) is 4.33. The van der Waals surface area contributed by atoms with E-state index in [9.17, 15) is 44.7 Å². The SMILES string of the molecule is COc1cccc2c1C(=O)c1c(O)c3c(c(O)c1C2=O)C[C@@](O)(/C(CO)=N/NC(=O)CCC(C)=O)CC3OC1CC(N)C(O)C(C)O1. The van der Waals surface area contributed by atoms with Crippen molar-refractivity contribution >= 4 is 29.0 Å². The van der Waals surface area contributed by atoms with E-state index in [1.807, 2.05) is 0 Å². The summed E-state index contributed by atoms with van der Waals surface area (Å²) in [6.45, 7) is 2.02. The number of fused-ring (bicyclic) bond motifs is 3. The second-order valence-electron chi connectivity index (χ2n) is 12.0. The molecule has 0 spiro atoms. The predicted molar refractivity (Wildman–Crippen MR) is 162 cm³/mol. The highest BCUT2D eigenvalue weighted by Crippen LogP contribution is 2.52. The molecule has 1 aliphatic heterocycles. The first-order valence-corrected chi connectivity index (χ1v) is 15.0. The molecular weight excluding hydrogens is 618 g/mol. The minimum Gasteiger partial charge on any atom is -0.507 e. The van der Waals surface area contributed by atoms with Crippen molar-refractivity contribution in [1.82, 2.24) is 5.43 Å². The molecule has 252 valence electrons. The number of nitrogens with zero attached hydrogens (tertiary/aromatic N) is 1. The molecule has 5 rings (SSSR count). The first-order chi connectivity index (χ1) is 22.2. The maximum atomic E-state index is 13.9. The molecule has 1 fully saturated rings. The summed E-state index contributed by atoms with van der Waals surface area (Å²) in [4.78, 5) is 51.2. The number of ether oxygens (including phenoxy) is 3. The van der Waals surface area contributed by atoms with Crippen LogP contribution in [-0.2, 0) is 25.5 Å². The van der Waals surface area contributed by atoms with Gasteiger partial charge in [0, 0.05) is 54.8 Å². The first-order valence-electron chi connectivity index (χ1n) is 15.0. The molecule has 2 aliphatic carbocycles. The van der Waals surface area contributed by atoms with Crippen molar-refractivity contribution in [2.24, 2.45) is 10.8 Å². The molecule has 8 N–H and O–H groups in total. The molecule has 0 radical (unpaired) electrons. The van der Waals surface area contributed by atoms with Gasteiger partial charge < -0.3 is 50.3 Å². The molecule has 3 aliphatic rings. The van der Waals surface area contributed by atoms with Crippen LogP contribution in [0.15, 0.2) is 23.3 Å². The predicted octanol–water partition coefficient (Wildman–Crippen LogP) is 0.274. The lowest BCUT2D eigenvalue weighted by molar-refractivity contribution is -0.245. The van der Waals surface area contributed by atoms with Gasteiger partial charge in [0.25, 0.3) is 0 Å². The van der Waals surface area contributed by atoms with Gasteiger partial charge in [0.2, 0.25) is 11.7 Å². The highest BCUT2D eigenvalue weighted by atomic mass is 16.7. The molecule has 15 nitrogen and oxygen atoms in total. The highest BCUT2D eigenvalue weighted by molar-refractivity contribution is 6.31. The van der Waals surface area contributed by atoms with Crippen LogP contribution in [0.25, 0.3) is 0 Å². The molecule has 2 aromatic carbocycles. The van der Waals surface area contributed by atoms with E-state index in [2.05, 4.69) is 10.5 Å². The van der Waals surface area contributed by atoms with Gasteiger partial charge in [-0.25, -0.2) is 5.43 Å². The number of amides is 1. The molecule has 0 aromatic heterocycles. The largest absolute Gasteiger partial charge is 0.507 e. The fourth-order valence-corrected chi connectivity index (χ4v) is 6.37. The average Bonchev–Trinajstić information content (AvgIpc) is 3.02. The van der Waals surface area contributed by atoms with Crippen LogP contribution in [0.3, 0.4) is 0 Å². The summed E-state index contributed by atoms with van der Waals surface area (Å²) < 4.78 is 17.3. The molecule has 1 heterocycles. The molecular formula is C32H37N3O12. The van der Waals surface area contributed by atoms with Crippen molar-refractivity contribution in [2.75, 3.05) is 13.7 Å². The number of benzene rings is 2. The van der Waals surface area contributed by atoms with E-state index >= 15 is 0 Å². The maximum Gasteiger partial charge on any atom is 0.240 e. The Morgan fingerprint density at radius 1 is 1.13 bits per heavy atom. The number of methoxy groups -OCH3 is 1. The second-order valence-corrected chi connectivity index (χ2v) is 12.0. The quantitative estimate of drug-likeness (QED) is 0.0931. The number of aromatic hydroxyl groups is 2. The van der Waals surface area contributed by atoms with Crippen LogP contribution in [0, 0.1) is 0 Å². The van der Waals surface area contributed by atoms with Crippen molar-refractivity contribution in [3.8, 4) is 17.2 Å². The van der Waals surface area contributed by atoms with Gasteiger partial charge >= 0.3 is 0 Å². The Morgan fingerprint density at radius 2 is 1.83 bits per heavy atom. The van der Waals surface area contributed by atoms with Gasteiger partial charge in [-0.3, -0.25) is 14.4 Å². The van der Waals surface area contributed by atoms with E-state index in [4.69, 9.17) is 19.9 Å². The summed E-state index contributed by atoms with van der Waals surface area (Å²) in [5, 5.41) is 59.8. The van der Waals surface area contributed by atoms with Crippen LogP contribution in [-0.4, -0.2) is 98.4 Å². The number of phenolic OH excluding ortho intramolecular Hbond substituents is 2. The van der Waals surface area contributed by atoms with Crippen LogP contribution in [0.1, 0.15) is 88.6 Å². The van der Waals surface area contributed by atoms with E-state index in [-0.39, 0.29) is 58.8 Å². The fourth-order valence-electron chi connectivity index (χ4n) is 6.37. The monoisotopic (exact) mass is 655 g/mol. The Labute approximate surface area is 268 Å². The van der Waals surface area contributed by atoms with Gasteiger partial charge in [-0.15, -0.1) is 0 Å². The van der Waals surface area contributed by atoms with Crippen LogP contribution in [0.5, 0.6) is 17.2 Å². The number of aliphatic hydroxyl groups excluding tert-OH is 2. The number of carbonyl (C=O) groups is 4. The first kappa shape index (κ1) is 34.1. The number of phenols is 2. The third-order valence-corrected chi connectivity index (χ3v) is 8.85. The Kier molecular flexibility index (Phi) is 9.50. The van der Waals surface area contributed by atoms with E-state index in [0.717, 1.165) is 0 Å². The van der Waals surface area contributed by atoms with E-state index in [0.29, 0.717) is 0 Å². The average molecular weight is 656 g/mol. The zero-order valence-corrected chi connectivity index (χ0v) is 26.0. The number of hydrogen-bond donors (Lipinski definition) is 7. The Bertz CT molecular complexity index is 1660. The summed E-state index contributed by atoms with van der Waals surface area (Å²) in [5.74, 6) is -3.77. The van der Waals surface area contributed by atoms with E-state index in [1.165, 1.54) is 32.2 Å². The molecule has 5 unspecified atom stereocenters. The minimum absolute atomic E-state index is 0.0113. The van der Waals surface area contributed by atoms with Gasteiger partial charge in [0.1, 0.15) is 28.6 Å². The highest BCUT2D eigenvalue weighted by Gasteiger charge is 2.49. The Hall–Kier alpha value is -4.25. The molecule has 15 heteroatoms. The van der Waals surface area contributed by atoms with Crippen LogP contribution in [0.2, 0.25) is 0 Å². The van der Waals surface area contributed by atoms with Gasteiger partial charge in [0.15, 0.2) is 12.1 Å². The van der Waals surface area contributed by atoms with Crippen molar-refractivity contribution in [2.45, 2.75) is 82.2 Å². The molecule has 0 bridgehead atoms. The van der Waals surface area contributed by atoms with Crippen LogP contribution < -0.4 is 15.9 Å². The number of nitrogens with one attached hydrogen (secondary N) is 1. The molecule has 1 amide bonds. The number of nitrogens with two attached hydrogens (primary N) is 1. The minimum atomic E-state index is -2.15. The molecule has 6 atom stereocenters. The normalized spacial score (nSPS) is 27.0. The maximum absolute atomic E-state index is 13.9. The molecule has 2 aromatic rings. The van der Waals surface area contributed by atoms with Crippen molar-refractivity contribution in [3.05, 3.63) is 51.6 Å². The number of rotatable bonds is 9. The third kappa shape index (κ3) is 6.13. The standard InChI is InChI=1S/C32H37N3O12/c1-13(37)7-8-21(38)35-34-20(12-36)32(44)10-16-24(19(11-32)47-22-9-17(33)27(39)14(2)46-22)31(43)26-25(29(16)41)28(40)15-5-4-6-18(45-3)23(15)30(26)42/h4-6,14,17,19,22,27,36,39,41,43-44H,7-12,33H2,1-3H3,(H,35,38)/b34-20+/t14?,17?,19?,22?,27?,32-/m0/s1. The smallest absolute Gasteiger partial charge is 0.240 e. The lowest BCUT2D eigenvalue weighted by Crippen LogP contribution is -2.53. The number of ketones is 3. The second kappa shape index (κ2) is 13.1. The number of hydrazone groups is 1. The van der Waals surface area contributed by atoms with Gasteiger partial charge in [-0.05, 0) is 19.9 Å². The van der Waals surface area contributed by atoms with Crippen molar-refractivity contribution in [3.63, 3.8) is 0 Å². The number of aliphatic hydroxyl groups is 3. The third-order valence-electron chi connectivity index (χ3n) is 8.85. The molecule has 47 heavy (non-hydrogen) atoms. The zero-order chi connectivity index (χ0) is 34.4. The van der Waals surface area contributed by atoms with Crippen LogP contribution in [0.4, 0.5) is 0 Å². The Morgan fingerprint density at radius 3 is 2.47 bits per heavy atom. The topological polar surface area (TPSA) is 248 Å². The van der Waals surface area contributed by atoms with Gasteiger partial charge in [0.05, 0.1) is 54.4 Å². The summed E-state index contributed by atoms with van der Waals surface area (Å²) in [6.07, 6.45) is -5.48. The summed E-state index contributed by atoms with van der Waals surface area (Å²) >= 11 is 0. The van der Waals surface area contributed by atoms with Crippen LogP contribution >= 0.6 is 0 Å². The lowest BCUT2D eigenvalue weighted by Gasteiger charge is -2.43. The molecule has 1 saturated heterocycles. The van der Waals surface area contributed by atoms with Crippen molar-refractivity contribution in [1.29, 1.82) is 0 Å². The molecule has 0 saturated carbocycles.